The molecule has 1 aromatic carbocycles. The molecule has 204 valence electrons. The van der Waals surface area contributed by atoms with Gasteiger partial charge in [0.15, 0.2) is 0 Å². The van der Waals surface area contributed by atoms with Crippen LogP contribution in [0.15, 0.2) is 42.7 Å². The molecule has 0 saturated carbocycles. The van der Waals surface area contributed by atoms with Crippen molar-refractivity contribution in [3.63, 3.8) is 0 Å². The third-order valence-electron chi connectivity index (χ3n) is 6.29. The summed E-state index contributed by atoms with van der Waals surface area (Å²) < 4.78 is 0. The Bertz CT molecular complexity index is 1390. The van der Waals surface area contributed by atoms with Crippen LogP contribution in [0.5, 0.6) is 0 Å². The van der Waals surface area contributed by atoms with Crippen molar-refractivity contribution in [1.82, 2.24) is 35.3 Å². The maximum Gasteiger partial charge on any atom is 0.246 e. The van der Waals surface area contributed by atoms with Crippen LogP contribution in [0.2, 0.25) is 0 Å². The summed E-state index contributed by atoms with van der Waals surface area (Å²) in [5.74, 6) is 7.12. The van der Waals surface area contributed by atoms with E-state index in [1.807, 2.05) is 43.3 Å². The number of hydrogen-bond donors (Lipinski definition) is 4. The number of carbonyl (C=O) groups is 2. The molecule has 0 unspecified atom stereocenters. The molecule has 4 N–H and O–H groups in total. The molecule has 11 heteroatoms. The van der Waals surface area contributed by atoms with Crippen LogP contribution in [0.25, 0.3) is 10.9 Å². The van der Waals surface area contributed by atoms with E-state index < -0.39 is 6.04 Å². The monoisotopic (exact) mass is 529 g/mol. The van der Waals surface area contributed by atoms with Crippen LogP contribution in [-0.2, 0) is 9.59 Å². The summed E-state index contributed by atoms with van der Waals surface area (Å²) in [7, 11) is 5.67. The van der Waals surface area contributed by atoms with E-state index in [1.165, 1.54) is 0 Å². The molecule has 1 atom stereocenters. The van der Waals surface area contributed by atoms with Gasteiger partial charge in [-0.1, -0.05) is 17.9 Å². The normalized spacial score (nSPS) is 15.0. The van der Waals surface area contributed by atoms with Crippen LogP contribution in [0, 0.1) is 11.8 Å². The number of likely N-dealkylation sites (tertiary alicyclic amines) is 1. The van der Waals surface area contributed by atoms with Gasteiger partial charge in [-0.05, 0) is 51.6 Å². The molecule has 39 heavy (non-hydrogen) atoms. The number of nitrogens with zero attached hydrogens (tertiary/aromatic N) is 5. The van der Waals surface area contributed by atoms with E-state index in [9.17, 15) is 9.59 Å². The van der Waals surface area contributed by atoms with Crippen LogP contribution in [-0.4, -0.2) is 88.6 Å². The van der Waals surface area contributed by atoms with E-state index >= 15 is 0 Å². The molecule has 1 fully saturated rings. The minimum atomic E-state index is -0.406. The van der Waals surface area contributed by atoms with Crippen molar-refractivity contribution >= 4 is 40.2 Å². The molecule has 1 aliphatic rings. The molecule has 0 aliphatic carbocycles. The quantitative estimate of drug-likeness (QED) is 0.179. The lowest BCUT2D eigenvalue weighted by Gasteiger charge is -2.22. The Morgan fingerprint density at radius 2 is 2.15 bits per heavy atom. The van der Waals surface area contributed by atoms with Gasteiger partial charge in [0.05, 0.1) is 23.5 Å². The van der Waals surface area contributed by atoms with E-state index in [0.29, 0.717) is 56.2 Å². The van der Waals surface area contributed by atoms with Gasteiger partial charge < -0.3 is 25.8 Å². The maximum atomic E-state index is 12.7. The predicted molar refractivity (Wildman–Crippen MR) is 153 cm³/mol. The Labute approximate surface area is 228 Å². The van der Waals surface area contributed by atoms with Gasteiger partial charge in [0.1, 0.15) is 11.9 Å². The number of amides is 2. The Morgan fingerprint density at radius 1 is 1.28 bits per heavy atom. The van der Waals surface area contributed by atoms with Crippen molar-refractivity contribution in [2.24, 2.45) is 0 Å². The summed E-state index contributed by atoms with van der Waals surface area (Å²) >= 11 is 0. The topological polar surface area (TPSA) is 131 Å². The highest BCUT2D eigenvalue weighted by atomic mass is 16.2. The number of carbonyl (C=O) groups excluding carboxylic acids is 2. The summed E-state index contributed by atoms with van der Waals surface area (Å²) in [6, 6.07) is 5.45. The van der Waals surface area contributed by atoms with Crippen LogP contribution in [0.3, 0.4) is 0 Å². The minimum Gasteiger partial charge on any atom is -0.372 e. The molecular formula is C28H35N9O2. The van der Waals surface area contributed by atoms with Crippen LogP contribution in [0.4, 0.5) is 17.5 Å². The number of nitrogens with one attached hydrogen (secondary N) is 4. The molecule has 1 saturated heterocycles. The molecule has 1 aliphatic heterocycles. The molecule has 2 amide bonds. The average Bonchev–Trinajstić information content (AvgIpc) is 3.60. The predicted octanol–water partition coefficient (Wildman–Crippen LogP) is 2.49. The van der Waals surface area contributed by atoms with Crippen LogP contribution < -0.4 is 16.0 Å². The van der Waals surface area contributed by atoms with Gasteiger partial charge in [-0.15, -0.1) is 0 Å². The lowest BCUT2D eigenvalue weighted by atomic mass is 10.2. The number of aromatic nitrogens is 4. The number of unbranched alkanes of at least 4 members (excludes halogenated alkanes) is 1. The van der Waals surface area contributed by atoms with Crippen molar-refractivity contribution in [2.75, 3.05) is 51.4 Å². The number of aromatic amines is 1. The molecular weight excluding hydrogens is 494 g/mol. The first-order chi connectivity index (χ1) is 18.9. The Balaban J connectivity index is 1.24. The number of hydrogen-bond acceptors (Lipinski definition) is 8. The van der Waals surface area contributed by atoms with E-state index in [-0.39, 0.29) is 11.8 Å². The zero-order chi connectivity index (χ0) is 27.6. The number of benzene rings is 1. The summed E-state index contributed by atoms with van der Waals surface area (Å²) in [6.07, 6.45) is 9.67. The lowest BCUT2D eigenvalue weighted by Crippen LogP contribution is -2.45. The Hall–Kier alpha value is -4.43. The second-order valence-corrected chi connectivity index (χ2v) is 9.55. The average molecular weight is 530 g/mol. The standard InChI is InChI=1S/C28H35N9O2/c1-29-26-21(18-31-28(34-26)33-22-13-12-20-19-32-35-23(20)17-22)9-5-4-6-14-30-27(39)24-10-7-16-37(24)25(38)11-8-15-36(2)3/h8,11-13,17-19,24H,4,6-7,10,14-16H2,1-3H3,(H,30,39)(H,32,35)(H2,29,31,33,34)/b11-8+/t24-/m0/s1. The second kappa shape index (κ2) is 13.4. The number of anilines is 3. The van der Waals surface area contributed by atoms with Gasteiger partial charge in [0.2, 0.25) is 17.8 Å². The fourth-order valence-corrected chi connectivity index (χ4v) is 4.30. The van der Waals surface area contributed by atoms with E-state index in [1.54, 1.807) is 30.4 Å². The van der Waals surface area contributed by atoms with Crippen molar-refractivity contribution in [2.45, 2.75) is 31.7 Å². The molecule has 11 nitrogen and oxygen atoms in total. The first-order valence-corrected chi connectivity index (χ1v) is 13.1. The van der Waals surface area contributed by atoms with E-state index in [2.05, 4.69) is 48.0 Å². The van der Waals surface area contributed by atoms with Gasteiger partial charge in [-0.3, -0.25) is 14.7 Å². The number of H-pyrrole nitrogens is 1. The third-order valence-corrected chi connectivity index (χ3v) is 6.29. The lowest BCUT2D eigenvalue weighted by molar-refractivity contribution is -0.135. The van der Waals surface area contributed by atoms with Crippen molar-refractivity contribution in [1.29, 1.82) is 0 Å². The molecule has 2 aromatic heterocycles. The van der Waals surface area contributed by atoms with Gasteiger partial charge in [-0.2, -0.15) is 10.1 Å². The second-order valence-electron chi connectivity index (χ2n) is 9.55. The van der Waals surface area contributed by atoms with Crippen molar-refractivity contribution in [3.8, 4) is 11.8 Å². The molecule has 0 radical (unpaired) electrons. The number of fused-ring (bicyclic) bond motifs is 1. The minimum absolute atomic E-state index is 0.101. The van der Waals surface area contributed by atoms with Crippen molar-refractivity contribution in [3.05, 3.63) is 48.3 Å². The zero-order valence-corrected chi connectivity index (χ0v) is 22.6. The van der Waals surface area contributed by atoms with Crippen molar-refractivity contribution < 1.29 is 9.59 Å². The van der Waals surface area contributed by atoms with E-state index in [0.717, 1.165) is 23.0 Å². The van der Waals surface area contributed by atoms with Gasteiger partial charge in [-0.25, -0.2) is 4.98 Å². The van der Waals surface area contributed by atoms with Gasteiger partial charge in [0.25, 0.3) is 0 Å². The Morgan fingerprint density at radius 3 is 2.97 bits per heavy atom. The maximum absolute atomic E-state index is 12.7. The fraction of sp³-hybridized carbons (Fsp3) is 0.393. The number of likely N-dealkylation sites (N-methyl/N-ethyl adjacent to an activating group) is 1. The Kier molecular flexibility index (Phi) is 9.48. The molecule has 0 bridgehead atoms. The number of rotatable bonds is 10. The van der Waals surface area contributed by atoms with Gasteiger partial charge in [0, 0.05) is 50.3 Å². The third kappa shape index (κ3) is 7.55. The molecule has 4 rings (SSSR count). The van der Waals surface area contributed by atoms with Gasteiger partial charge >= 0.3 is 0 Å². The fourth-order valence-electron chi connectivity index (χ4n) is 4.30. The SMILES string of the molecule is CNc1nc(Nc2ccc3cn[nH]c3c2)ncc1C#CCCCNC(=O)[C@@H]1CCCN1C(=O)/C=C/CN(C)C. The largest absolute Gasteiger partial charge is 0.372 e. The molecule has 0 spiro atoms. The smallest absolute Gasteiger partial charge is 0.246 e. The van der Waals surface area contributed by atoms with Crippen LogP contribution in [0.1, 0.15) is 31.2 Å². The first kappa shape index (κ1) is 27.6. The van der Waals surface area contributed by atoms with E-state index in [4.69, 9.17) is 0 Å². The summed E-state index contributed by atoms with van der Waals surface area (Å²) in [5, 5.41) is 17.2. The highest BCUT2D eigenvalue weighted by Crippen LogP contribution is 2.21. The molecule has 3 aromatic rings. The zero-order valence-electron chi connectivity index (χ0n) is 22.6. The summed E-state index contributed by atoms with van der Waals surface area (Å²) in [4.78, 5) is 37.7. The van der Waals surface area contributed by atoms with Crippen LogP contribution >= 0.6 is 0 Å². The molecule has 3 heterocycles. The highest BCUT2D eigenvalue weighted by Gasteiger charge is 2.32. The summed E-state index contributed by atoms with van der Waals surface area (Å²) in [6.45, 7) is 1.80. The first-order valence-electron chi connectivity index (χ1n) is 13.1. The summed E-state index contributed by atoms with van der Waals surface area (Å²) in [5.41, 5.74) is 2.47. The highest BCUT2D eigenvalue weighted by molar-refractivity contribution is 5.93.